The molecule has 1 unspecified atom stereocenters. The van der Waals surface area contributed by atoms with Gasteiger partial charge < -0.3 is 10.2 Å². The molecule has 1 aromatic heterocycles. The zero-order chi connectivity index (χ0) is 14.7. The predicted octanol–water partition coefficient (Wildman–Crippen LogP) is 3.77. The number of nitrogens with zero attached hydrogens (tertiary/aromatic N) is 1. The van der Waals surface area contributed by atoms with E-state index >= 15 is 0 Å². The molecule has 0 bridgehead atoms. The molecular formula is C16H17BrN2OS. The Morgan fingerprint density at radius 2 is 2.10 bits per heavy atom. The summed E-state index contributed by atoms with van der Waals surface area (Å²) in [5.41, 5.74) is 1.27. The normalized spacial score (nSPS) is 18.0. The fraction of sp³-hybridized carbons (Fsp3) is 0.312. The third-order valence-electron chi connectivity index (χ3n) is 3.76. The summed E-state index contributed by atoms with van der Waals surface area (Å²) in [7, 11) is 0. The van der Waals surface area contributed by atoms with Gasteiger partial charge in [0.1, 0.15) is 0 Å². The molecule has 1 aromatic carbocycles. The Bertz CT molecular complexity index is 614. The van der Waals surface area contributed by atoms with Crippen LogP contribution in [0.15, 0.2) is 46.3 Å². The van der Waals surface area contributed by atoms with Crippen molar-refractivity contribution in [1.82, 2.24) is 5.32 Å². The predicted molar refractivity (Wildman–Crippen MR) is 91.1 cm³/mol. The van der Waals surface area contributed by atoms with Crippen LogP contribution in [-0.2, 0) is 0 Å². The maximum atomic E-state index is 12.0. The lowest BCUT2D eigenvalue weighted by Crippen LogP contribution is -2.30. The Kier molecular flexibility index (Phi) is 4.60. The molecule has 3 nitrogen and oxygen atoms in total. The van der Waals surface area contributed by atoms with Crippen LogP contribution in [0.25, 0.3) is 0 Å². The Morgan fingerprint density at radius 1 is 1.29 bits per heavy atom. The molecule has 0 saturated carbocycles. The number of rotatable bonds is 4. The van der Waals surface area contributed by atoms with Crippen LogP contribution in [0.5, 0.6) is 0 Å². The lowest BCUT2D eigenvalue weighted by atomic mass is 10.1. The van der Waals surface area contributed by atoms with Gasteiger partial charge in [0.25, 0.3) is 5.91 Å². The fourth-order valence-corrected chi connectivity index (χ4v) is 3.94. The van der Waals surface area contributed by atoms with Crippen LogP contribution in [0, 0.1) is 5.92 Å². The van der Waals surface area contributed by atoms with E-state index in [1.54, 1.807) is 0 Å². The molecule has 0 spiro atoms. The van der Waals surface area contributed by atoms with Crippen molar-refractivity contribution in [2.24, 2.45) is 5.92 Å². The molecule has 1 atom stereocenters. The Labute approximate surface area is 137 Å². The molecule has 21 heavy (non-hydrogen) atoms. The van der Waals surface area contributed by atoms with Crippen LogP contribution >= 0.6 is 27.3 Å². The van der Waals surface area contributed by atoms with E-state index in [0.29, 0.717) is 5.92 Å². The maximum absolute atomic E-state index is 12.0. The van der Waals surface area contributed by atoms with Crippen LogP contribution < -0.4 is 10.2 Å². The Hall–Kier alpha value is -1.33. The SMILES string of the molecule is O=C(NCC1CCN(c2ccccc2)C1)c1ccc(Br)s1. The second-order valence-corrected chi connectivity index (χ2v) is 7.71. The molecule has 2 aromatic rings. The first kappa shape index (κ1) is 14.6. The summed E-state index contributed by atoms with van der Waals surface area (Å²) in [5, 5.41) is 3.05. The Morgan fingerprint density at radius 3 is 2.81 bits per heavy atom. The number of hydrogen-bond acceptors (Lipinski definition) is 3. The van der Waals surface area contributed by atoms with Crippen molar-refractivity contribution >= 4 is 38.9 Å². The van der Waals surface area contributed by atoms with E-state index < -0.39 is 0 Å². The molecule has 3 rings (SSSR count). The Balaban J connectivity index is 1.50. The summed E-state index contributed by atoms with van der Waals surface area (Å²) < 4.78 is 0.990. The van der Waals surface area contributed by atoms with Gasteiger partial charge in [-0.2, -0.15) is 0 Å². The van der Waals surface area contributed by atoms with Gasteiger partial charge in [0.15, 0.2) is 0 Å². The number of anilines is 1. The average molecular weight is 365 g/mol. The highest BCUT2D eigenvalue weighted by molar-refractivity contribution is 9.11. The van der Waals surface area contributed by atoms with E-state index in [2.05, 4.69) is 50.4 Å². The minimum absolute atomic E-state index is 0.0314. The fourth-order valence-electron chi connectivity index (χ4n) is 2.63. The molecule has 0 radical (unpaired) electrons. The first-order chi connectivity index (χ1) is 10.2. The van der Waals surface area contributed by atoms with Crippen molar-refractivity contribution in [3.8, 4) is 0 Å². The molecule has 110 valence electrons. The number of carbonyl (C=O) groups excluding carboxylic acids is 1. The maximum Gasteiger partial charge on any atom is 0.261 e. The topological polar surface area (TPSA) is 32.3 Å². The van der Waals surface area contributed by atoms with Gasteiger partial charge in [-0.1, -0.05) is 18.2 Å². The zero-order valence-corrected chi connectivity index (χ0v) is 14.0. The number of amides is 1. The zero-order valence-electron chi connectivity index (χ0n) is 11.6. The van der Waals surface area contributed by atoms with Crippen LogP contribution in [-0.4, -0.2) is 25.5 Å². The highest BCUT2D eigenvalue weighted by Crippen LogP contribution is 2.24. The highest BCUT2D eigenvalue weighted by Gasteiger charge is 2.23. The molecule has 1 aliphatic rings. The minimum atomic E-state index is 0.0314. The third kappa shape index (κ3) is 3.66. The number of para-hydroxylation sites is 1. The van der Waals surface area contributed by atoms with E-state index in [1.807, 2.05) is 18.2 Å². The number of thiophene rings is 1. The minimum Gasteiger partial charge on any atom is -0.371 e. The van der Waals surface area contributed by atoms with Crippen molar-refractivity contribution in [2.75, 3.05) is 24.5 Å². The largest absolute Gasteiger partial charge is 0.371 e. The van der Waals surface area contributed by atoms with Gasteiger partial charge in [-0.05, 0) is 52.5 Å². The van der Waals surface area contributed by atoms with Crippen molar-refractivity contribution in [2.45, 2.75) is 6.42 Å². The molecule has 1 aliphatic heterocycles. The van der Waals surface area contributed by atoms with Crippen molar-refractivity contribution in [1.29, 1.82) is 0 Å². The molecule has 1 amide bonds. The van der Waals surface area contributed by atoms with Crippen LogP contribution in [0.3, 0.4) is 0 Å². The molecule has 5 heteroatoms. The molecule has 1 N–H and O–H groups in total. The molecule has 1 fully saturated rings. The quantitative estimate of drug-likeness (QED) is 0.895. The summed E-state index contributed by atoms with van der Waals surface area (Å²) in [6.07, 6.45) is 1.13. The van der Waals surface area contributed by atoms with Crippen LogP contribution in [0.4, 0.5) is 5.69 Å². The molecule has 0 aliphatic carbocycles. The molecule has 2 heterocycles. The number of benzene rings is 1. The van der Waals surface area contributed by atoms with Gasteiger partial charge in [0.2, 0.25) is 0 Å². The lowest BCUT2D eigenvalue weighted by molar-refractivity contribution is 0.0952. The van der Waals surface area contributed by atoms with Crippen molar-refractivity contribution in [3.05, 3.63) is 51.1 Å². The molecule has 1 saturated heterocycles. The van der Waals surface area contributed by atoms with Crippen molar-refractivity contribution < 1.29 is 4.79 Å². The van der Waals surface area contributed by atoms with E-state index in [-0.39, 0.29) is 5.91 Å². The van der Waals surface area contributed by atoms with Crippen LogP contribution in [0.1, 0.15) is 16.1 Å². The van der Waals surface area contributed by atoms with Gasteiger partial charge in [0.05, 0.1) is 8.66 Å². The van der Waals surface area contributed by atoms with E-state index in [4.69, 9.17) is 0 Å². The summed E-state index contributed by atoms with van der Waals surface area (Å²) in [6.45, 7) is 2.82. The summed E-state index contributed by atoms with van der Waals surface area (Å²) in [5.74, 6) is 0.557. The summed E-state index contributed by atoms with van der Waals surface area (Å²) in [4.78, 5) is 15.2. The lowest BCUT2D eigenvalue weighted by Gasteiger charge is -2.18. The summed E-state index contributed by atoms with van der Waals surface area (Å²) in [6, 6.07) is 14.2. The second-order valence-electron chi connectivity index (χ2n) is 5.25. The standard InChI is InChI=1S/C16H17BrN2OS/c17-15-7-6-14(21-15)16(20)18-10-12-8-9-19(11-12)13-4-2-1-3-5-13/h1-7,12H,8-11H2,(H,18,20). The van der Waals surface area contributed by atoms with Gasteiger partial charge in [-0.25, -0.2) is 0 Å². The smallest absolute Gasteiger partial charge is 0.261 e. The van der Waals surface area contributed by atoms with Gasteiger partial charge in [-0.3, -0.25) is 4.79 Å². The molecular weight excluding hydrogens is 348 g/mol. The van der Waals surface area contributed by atoms with E-state index in [0.717, 1.165) is 34.7 Å². The first-order valence-corrected chi connectivity index (χ1v) is 8.67. The second kappa shape index (κ2) is 6.62. The average Bonchev–Trinajstić information content (AvgIpc) is 3.15. The number of carbonyl (C=O) groups is 1. The van der Waals surface area contributed by atoms with E-state index in [9.17, 15) is 4.79 Å². The van der Waals surface area contributed by atoms with Gasteiger partial charge in [-0.15, -0.1) is 11.3 Å². The number of halogens is 1. The van der Waals surface area contributed by atoms with Crippen LogP contribution in [0.2, 0.25) is 0 Å². The van der Waals surface area contributed by atoms with Gasteiger partial charge in [0, 0.05) is 25.3 Å². The highest BCUT2D eigenvalue weighted by atomic mass is 79.9. The van der Waals surface area contributed by atoms with Gasteiger partial charge >= 0.3 is 0 Å². The van der Waals surface area contributed by atoms with E-state index in [1.165, 1.54) is 17.0 Å². The number of nitrogens with one attached hydrogen (secondary N) is 1. The third-order valence-corrected chi connectivity index (χ3v) is 5.38. The summed E-state index contributed by atoms with van der Waals surface area (Å²) >= 11 is 4.85. The van der Waals surface area contributed by atoms with Crippen molar-refractivity contribution in [3.63, 3.8) is 0 Å². The monoisotopic (exact) mass is 364 g/mol. The number of hydrogen-bond donors (Lipinski definition) is 1. The first-order valence-electron chi connectivity index (χ1n) is 7.06.